The Bertz CT molecular complexity index is 943. The molecule has 2 aromatic rings. The van der Waals surface area contributed by atoms with Gasteiger partial charge in [0.2, 0.25) is 0 Å². The lowest BCUT2D eigenvalue weighted by Crippen LogP contribution is -2.46. The zero-order valence-corrected chi connectivity index (χ0v) is 13.8. The molecule has 0 spiro atoms. The van der Waals surface area contributed by atoms with Crippen LogP contribution in [0.1, 0.15) is 13.8 Å². The predicted octanol–water partition coefficient (Wildman–Crippen LogP) is 0.882. The first kappa shape index (κ1) is 19.8. The average Bonchev–Trinajstić information content (AvgIpc) is 2.53. The number of aromatic amines is 1. The molecule has 0 atom stereocenters. The second-order valence-electron chi connectivity index (χ2n) is 4.99. The molecular weight excluding hydrogens is 375 g/mol. The quantitative estimate of drug-likeness (QED) is 0.257. The number of nitrogens with zero attached hydrogens (tertiary/aromatic N) is 3. The summed E-state index contributed by atoms with van der Waals surface area (Å²) in [7, 11) is 0. The van der Waals surface area contributed by atoms with Crippen molar-refractivity contribution >= 4 is 17.9 Å². The van der Waals surface area contributed by atoms with Crippen LogP contribution in [0.25, 0.3) is 11.4 Å². The molecule has 0 saturated heterocycles. The summed E-state index contributed by atoms with van der Waals surface area (Å²) in [5, 5.41) is -0.730. The van der Waals surface area contributed by atoms with Crippen LogP contribution in [0.5, 0.6) is 11.5 Å². The van der Waals surface area contributed by atoms with Crippen molar-refractivity contribution in [2.24, 2.45) is 5.84 Å². The number of rotatable bonds is 4. The van der Waals surface area contributed by atoms with Gasteiger partial charge in [-0.1, -0.05) is 0 Å². The Balaban J connectivity index is 2.54. The van der Waals surface area contributed by atoms with Crippen molar-refractivity contribution < 1.29 is 32.2 Å². The standard InChI is InChI=1S/C14H12F3N5O5/c1-6(23)26-9-4-3-8(5-10(9)27-7(2)24)11-19-12(21-13(25)20-11)22(18)14(15,16)17/h3-5H,18H2,1-2H3,(H,19,20,21,25). The number of carbonyl (C=O) groups is 2. The van der Waals surface area contributed by atoms with Gasteiger partial charge in [0.15, 0.2) is 11.5 Å². The van der Waals surface area contributed by atoms with E-state index in [0.29, 0.717) is 0 Å². The third-order valence-corrected chi connectivity index (χ3v) is 2.85. The number of halogens is 3. The molecule has 0 unspecified atom stereocenters. The Morgan fingerprint density at radius 3 is 2.26 bits per heavy atom. The fourth-order valence-electron chi connectivity index (χ4n) is 1.86. The van der Waals surface area contributed by atoms with Crippen molar-refractivity contribution in [1.29, 1.82) is 0 Å². The molecule has 144 valence electrons. The van der Waals surface area contributed by atoms with Gasteiger partial charge in [-0.25, -0.2) is 10.6 Å². The highest BCUT2D eigenvalue weighted by Crippen LogP contribution is 2.32. The normalized spacial score (nSPS) is 11.0. The monoisotopic (exact) mass is 387 g/mol. The summed E-state index contributed by atoms with van der Waals surface area (Å²) in [5.41, 5.74) is -1.11. The maximum atomic E-state index is 12.7. The molecule has 0 aliphatic heterocycles. The van der Waals surface area contributed by atoms with Crippen LogP contribution in [-0.4, -0.2) is 33.2 Å². The number of hydrogen-bond acceptors (Lipinski definition) is 9. The van der Waals surface area contributed by atoms with Crippen molar-refractivity contribution in [3.63, 3.8) is 0 Å². The number of esters is 2. The lowest BCUT2D eigenvalue weighted by atomic mass is 10.2. The summed E-state index contributed by atoms with van der Waals surface area (Å²) in [6, 6.07) is 3.61. The highest BCUT2D eigenvalue weighted by Gasteiger charge is 2.38. The Morgan fingerprint density at radius 1 is 1.11 bits per heavy atom. The summed E-state index contributed by atoms with van der Waals surface area (Å²) in [6.45, 7) is 2.21. The van der Waals surface area contributed by atoms with Gasteiger partial charge >= 0.3 is 23.9 Å². The van der Waals surface area contributed by atoms with Crippen LogP contribution in [0.3, 0.4) is 0 Å². The zero-order valence-electron chi connectivity index (χ0n) is 13.8. The topological polar surface area (TPSA) is 140 Å². The molecule has 0 bridgehead atoms. The van der Waals surface area contributed by atoms with Gasteiger partial charge in [0.05, 0.1) is 0 Å². The van der Waals surface area contributed by atoms with Crippen LogP contribution in [0.2, 0.25) is 0 Å². The number of alkyl halides is 3. The minimum Gasteiger partial charge on any atom is -0.423 e. The molecule has 1 aromatic carbocycles. The van der Waals surface area contributed by atoms with Crippen LogP contribution in [0.15, 0.2) is 23.0 Å². The van der Waals surface area contributed by atoms with Gasteiger partial charge in [0, 0.05) is 19.4 Å². The third-order valence-electron chi connectivity index (χ3n) is 2.85. The second kappa shape index (κ2) is 7.41. The average molecular weight is 387 g/mol. The fraction of sp³-hybridized carbons (Fsp3) is 0.214. The third kappa shape index (κ3) is 5.01. The van der Waals surface area contributed by atoms with Gasteiger partial charge in [0.25, 0.3) is 5.95 Å². The minimum atomic E-state index is -5.02. The highest BCUT2D eigenvalue weighted by atomic mass is 19.4. The number of hydrogen-bond donors (Lipinski definition) is 2. The van der Waals surface area contributed by atoms with Crippen LogP contribution in [0, 0.1) is 0 Å². The molecule has 3 N–H and O–H groups in total. The van der Waals surface area contributed by atoms with Gasteiger partial charge in [-0.15, -0.1) is 13.2 Å². The van der Waals surface area contributed by atoms with Crippen LogP contribution in [0.4, 0.5) is 19.1 Å². The van der Waals surface area contributed by atoms with Crippen LogP contribution in [-0.2, 0) is 9.59 Å². The lowest BCUT2D eigenvalue weighted by Gasteiger charge is -2.19. The molecule has 0 fully saturated rings. The van der Waals surface area contributed by atoms with E-state index >= 15 is 0 Å². The summed E-state index contributed by atoms with van der Waals surface area (Å²) >= 11 is 0. The second-order valence-corrected chi connectivity index (χ2v) is 4.99. The van der Waals surface area contributed by atoms with Gasteiger partial charge in [-0.3, -0.25) is 14.6 Å². The molecule has 2 rings (SSSR count). The Morgan fingerprint density at radius 2 is 1.70 bits per heavy atom. The number of nitrogens with one attached hydrogen (secondary N) is 1. The fourth-order valence-corrected chi connectivity index (χ4v) is 1.86. The van der Waals surface area contributed by atoms with Crippen molar-refractivity contribution in [3.8, 4) is 22.9 Å². The van der Waals surface area contributed by atoms with Crippen LogP contribution >= 0.6 is 0 Å². The number of aromatic nitrogens is 3. The first-order valence-electron chi connectivity index (χ1n) is 7.08. The number of nitrogens with two attached hydrogens (primary N) is 1. The summed E-state index contributed by atoms with van der Waals surface area (Å²) < 4.78 is 47.8. The molecule has 0 amide bonds. The lowest BCUT2D eigenvalue weighted by molar-refractivity contribution is -0.134. The van der Waals surface area contributed by atoms with E-state index in [4.69, 9.17) is 15.3 Å². The van der Waals surface area contributed by atoms with Crippen LogP contribution < -0.4 is 26.0 Å². The minimum absolute atomic E-state index is 0.0403. The summed E-state index contributed by atoms with van der Waals surface area (Å²) in [5.74, 6) is 1.66. The SMILES string of the molecule is CC(=O)Oc1ccc(-c2nc(N(N)C(F)(F)F)nc(=O)[nH]2)cc1OC(C)=O. The Labute approximate surface area is 148 Å². The molecule has 0 aliphatic carbocycles. The first-order chi connectivity index (χ1) is 12.5. The Hall–Kier alpha value is -3.48. The molecule has 27 heavy (non-hydrogen) atoms. The predicted molar refractivity (Wildman–Crippen MR) is 83.4 cm³/mol. The van der Waals surface area contributed by atoms with Gasteiger partial charge in [0.1, 0.15) is 5.82 Å². The van der Waals surface area contributed by atoms with E-state index in [1.165, 1.54) is 12.1 Å². The van der Waals surface area contributed by atoms with E-state index in [-0.39, 0.29) is 22.9 Å². The van der Waals surface area contributed by atoms with Gasteiger partial charge in [-0.2, -0.15) is 15.0 Å². The summed E-state index contributed by atoms with van der Waals surface area (Å²) in [4.78, 5) is 42.6. The highest BCUT2D eigenvalue weighted by molar-refractivity contribution is 5.75. The molecule has 0 saturated carbocycles. The first-order valence-corrected chi connectivity index (χ1v) is 7.08. The van der Waals surface area contributed by atoms with Crippen molar-refractivity contribution in [1.82, 2.24) is 15.0 Å². The van der Waals surface area contributed by atoms with E-state index in [1.54, 1.807) is 0 Å². The van der Waals surface area contributed by atoms with E-state index in [9.17, 15) is 27.6 Å². The number of carbonyl (C=O) groups excluding carboxylic acids is 2. The number of ether oxygens (including phenoxy) is 2. The van der Waals surface area contributed by atoms with Gasteiger partial charge in [-0.05, 0) is 18.2 Å². The van der Waals surface area contributed by atoms with E-state index < -0.39 is 34.9 Å². The van der Waals surface area contributed by atoms with E-state index in [1.807, 2.05) is 0 Å². The number of hydrazine groups is 1. The largest absolute Gasteiger partial charge is 0.501 e. The molecule has 0 aliphatic rings. The number of benzene rings is 1. The molecule has 13 heteroatoms. The van der Waals surface area contributed by atoms with Crippen molar-refractivity contribution in [2.45, 2.75) is 20.1 Å². The Kier molecular flexibility index (Phi) is 5.44. The molecule has 0 radical (unpaired) electrons. The molecular formula is C14H12F3N5O5. The number of H-pyrrole nitrogens is 1. The van der Waals surface area contributed by atoms with Gasteiger partial charge < -0.3 is 9.47 Å². The van der Waals surface area contributed by atoms with Crippen molar-refractivity contribution in [3.05, 3.63) is 28.7 Å². The molecule has 1 aromatic heterocycles. The maximum absolute atomic E-state index is 12.7. The zero-order chi connectivity index (χ0) is 20.4. The van der Waals surface area contributed by atoms with E-state index in [2.05, 4.69) is 15.0 Å². The summed E-state index contributed by atoms with van der Waals surface area (Å²) in [6.07, 6.45) is -5.02. The maximum Gasteiger partial charge on any atom is 0.501 e. The van der Waals surface area contributed by atoms with Crippen molar-refractivity contribution in [2.75, 3.05) is 5.01 Å². The smallest absolute Gasteiger partial charge is 0.423 e. The van der Waals surface area contributed by atoms with E-state index in [0.717, 1.165) is 19.9 Å². The molecule has 10 nitrogen and oxygen atoms in total. The number of anilines is 1. The molecule has 1 heterocycles.